The van der Waals surface area contributed by atoms with Gasteiger partial charge in [-0.25, -0.2) is 0 Å². The molecule has 2 fully saturated rings. The normalized spacial score (nSPS) is 22.1. The third kappa shape index (κ3) is 2.88. The Hall–Kier alpha value is -1.70. The highest BCUT2D eigenvalue weighted by molar-refractivity contribution is 8.00. The summed E-state index contributed by atoms with van der Waals surface area (Å²) in [5, 5.41) is 0.657. The molecule has 134 valence electrons. The Morgan fingerprint density at radius 3 is 2.46 bits per heavy atom. The standard InChI is InChI=1S/C19H18N2O2S3/c1-23-14-7-5-13(6-8-14)20-17(22)16-11-26-18(21(16)19(20)24)12-3-9-15(25-2)10-4-12/h3-10,16,18H,11H2,1-2H3. The zero-order valence-electron chi connectivity index (χ0n) is 14.4. The highest BCUT2D eigenvalue weighted by Crippen LogP contribution is 2.46. The van der Waals surface area contributed by atoms with E-state index in [4.69, 9.17) is 17.0 Å². The molecule has 4 rings (SSSR count). The number of hydrogen-bond donors (Lipinski definition) is 0. The lowest BCUT2D eigenvalue weighted by Crippen LogP contribution is -2.33. The van der Waals surface area contributed by atoms with Crippen LogP contribution < -0.4 is 9.64 Å². The predicted octanol–water partition coefficient (Wildman–Crippen LogP) is 4.16. The van der Waals surface area contributed by atoms with Crippen molar-refractivity contribution >= 4 is 52.4 Å². The summed E-state index contributed by atoms with van der Waals surface area (Å²) in [7, 11) is 1.63. The SMILES string of the molecule is COc1ccc(N2C(=O)C3CSC(c4ccc(SC)cc4)N3C2=S)cc1. The van der Waals surface area contributed by atoms with Crippen LogP contribution in [0.3, 0.4) is 0 Å². The number of anilines is 1. The Bertz CT molecular complexity index is 839. The molecule has 2 heterocycles. The summed E-state index contributed by atoms with van der Waals surface area (Å²) in [6, 6.07) is 15.8. The lowest BCUT2D eigenvalue weighted by atomic mass is 10.2. The number of fused-ring (bicyclic) bond motifs is 1. The van der Waals surface area contributed by atoms with E-state index in [0.717, 1.165) is 17.2 Å². The molecule has 2 saturated heterocycles. The van der Waals surface area contributed by atoms with Gasteiger partial charge in [0.1, 0.15) is 17.2 Å². The molecular formula is C19H18N2O2S3. The van der Waals surface area contributed by atoms with Crippen LogP contribution in [0.15, 0.2) is 53.4 Å². The van der Waals surface area contributed by atoms with Crippen LogP contribution in [0.1, 0.15) is 10.9 Å². The number of benzene rings is 2. The maximum absolute atomic E-state index is 13.0. The molecule has 2 aliphatic rings. The van der Waals surface area contributed by atoms with Crippen LogP contribution in [0.5, 0.6) is 5.75 Å². The Balaban J connectivity index is 1.62. The molecule has 0 spiro atoms. The first-order valence-corrected chi connectivity index (χ1v) is 10.9. The zero-order valence-corrected chi connectivity index (χ0v) is 16.9. The van der Waals surface area contributed by atoms with Crippen molar-refractivity contribution in [1.29, 1.82) is 0 Å². The first-order chi connectivity index (χ1) is 12.6. The molecule has 0 bridgehead atoms. The van der Waals surface area contributed by atoms with E-state index in [0.29, 0.717) is 5.11 Å². The number of methoxy groups -OCH3 is 1. The third-order valence-electron chi connectivity index (χ3n) is 4.65. The van der Waals surface area contributed by atoms with Gasteiger partial charge in [0, 0.05) is 10.6 Å². The Labute approximate surface area is 166 Å². The number of carbonyl (C=O) groups is 1. The zero-order chi connectivity index (χ0) is 18.3. The third-order valence-corrected chi connectivity index (χ3v) is 7.11. The Morgan fingerprint density at radius 1 is 1.15 bits per heavy atom. The van der Waals surface area contributed by atoms with Gasteiger partial charge in [0.15, 0.2) is 5.11 Å². The van der Waals surface area contributed by atoms with E-state index in [2.05, 4.69) is 35.4 Å². The average molecular weight is 403 g/mol. The maximum atomic E-state index is 13.0. The van der Waals surface area contributed by atoms with Gasteiger partial charge in [-0.1, -0.05) is 12.1 Å². The van der Waals surface area contributed by atoms with Crippen LogP contribution in [0, 0.1) is 0 Å². The minimum absolute atomic E-state index is 0.0518. The monoisotopic (exact) mass is 402 g/mol. The number of ether oxygens (including phenoxy) is 1. The van der Waals surface area contributed by atoms with Gasteiger partial charge in [-0.3, -0.25) is 9.69 Å². The molecule has 0 aromatic heterocycles. The van der Waals surface area contributed by atoms with Crippen molar-refractivity contribution in [3.63, 3.8) is 0 Å². The predicted molar refractivity (Wildman–Crippen MR) is 112 cm³/mol. The number of nitrogens with zero attached hydrogens (tertiary/aromatic N) is 2. The van der Waals surface area contributed by atoms with E-state index < -0.39 is 0 Å². The number of carbonyl (C=O) groups excluding carboxylic acids is 1. The van der Waals surface area contributed by atoms with Crippen LogP contribution >= 0.6 is 35.7 Å². The summed E-state index contributed by atoms with van der Waals surface area (Å²) >= 11 is 9.20. The Kier molecular flexibility index (Phi) is 4.86. The molecule has 1 amide bonds. The van der Waals surface area contributed by atoms with Gasteiger partial charge in [0.05, 0.1) is 12.8 Å². The molecule has 26 heavy (non-hydrogen) atoms. The first-order valence-electron chi connectivity index (χ1n) is 8.20. The number of rotatable bonds is 4. The lowest BCUT2D eigenvalue weighted by Gasteiger charge is -2.25. The maximum Gasteiger partial charge on any atom is 0.257 e. The fraction of sp³-hybridized carbons (Fsp3) is 0.263. The summed E-state index contributed by atoms with van der Waals surface area (Å²) in [6.45, 7) is 0. The average Bonchev–Trinajstić information content (AvgIpc) is 3.22. The van der Waals surface area contributed by atoms with E-state index in [1.807, 2.05) is 24.3 Å². The second kappa shape index (κ2) is 7.13. The van der Waals surface area contributed by atoms with Crippen molar-refractivity contribution in [2.75, 3.05) is 24.0 Å². The number of hydrogen-bond acceptors (Lipinski definition) is 5. The fourth-order valence-corrected chi connectivity index (χ4v) is 5.61. The number of thiocarbonyl (C=S) groups is 1. The van der Waals surface area contributed by atoms with Crippen molar-refractivity contribution in [2.24, 2.45) is 0 Å². The Morgan fingerprint density at radius 2 is 1.85 bits per heavy atom. The summed E-state index contributed by atoms with van der Waals surface area (Å²) < 4.78 is 5.20. The van der Waals surface area contributed by atoms with Crippen LogP contribution in [0.25, 0.3) is 0 Å². The molecular weight excluding hydrogens is 384 g/mol. The molecule has 0 radical (unpaired) electrons. The van der Waals surface area contributed by atoms with Crippen molar-refractivity contribution < 1.29 is 9.53 Å². The molecule has 0 saturated carbocycles. The van der Waals surface area contributed by atoms with Gasteiger partial charge in [-0.05, 0) is 60.4 Å². The van der Waals surface area contributed by atoms with E-state index in [1.165, 1.54) is 10.5 Å². The largest absolute Gasteiger partial charge is 0.497 e. The van der Waals surface area contributed by atoms with E-state index in [1.54, 1.807) is 35.5 Å². The highest BCUT2D eigenvalue weighted by Gasteiger charge is 2.50. The number of amides is 1. The topological polar surface area (TPSA) is 32.8 Å². The van der Waals surface area contributed by atoms with Crippen molar-refractivity contribution in [3.8, 4) is 5.75 Å². The van der Waals surface area contributed by atoms with Gasteiger partial charge in [0.25, 0.3) is 5.91 Å². The summed E-state index contributed by atoms with van der Waals surface area (Å²) in [4.78, 5) is 17.9. The van der Waals surface area contributed by atoms with Crippen LogP contribution in [0.4, 0.5) is 5.69 Å². The van der Waals surface area contributed by atoms with Crippen LogP contribution in [-0.4, -0.2) is 41.1 Å². The van der Waals surface area contributed by atoms with Crippen LogP contribution in [0.2, 0.25) is 0 Å². The van der Waals surface area contributed by atoms with Crippen molar-refractivity contribution in [3.05, 3.63) is 54.1 Å². The molecule has 2 aromatic rings. The summed E-state index contributed by atoms with van der Waals surface area (Å²) in [5.74, 6) is 1.56. The smallest absolute Gasteiger partial charge is 0.257 e. The molecule has 2 unspecified atom stereocenters. The fourth-order valence-electron chi connectivity index (χ4n) is 3.28. The van der Waals surface area contributed by atoms with E-state index in [-0.39, 0.29) is 17.3 Å². The second-order valence-corrected chi connectivity index (χ2v) is 8.39. The van der Waals surface area contributed by atoms with Crippen LogP contribution in [-0.2, 0) is 4.79 Å². The van der Waals surface area contributed by atoms with Gasteiger partial charge >= 0.3 is 0 Å². The molecule has 7 heteroatoms. The summed E-state index contributed by atoms with van der Waals surface area (Å²) in [6.07, 6.45) is 2.07. The van der Waals surface area contributed by atoms with Crippen molar-refractivity contribution in [1.82, 2.24) is 4.90 Å². The van der Waals surface area contributed by atoms with Gasteiger partial charge in [0.2, 0.25) is 0 Å². The minimum Gasteiger partial charge on any atom is -0.497 e. The number of thioether (sulfide) groups is 2. The molecule has 2 aliphatic heterocycles. The molecule has 0 aliphatic carbocycles. The minimum atomic E-state index is -0.195. The molecule has 2 aromatic carbocycles. The van der Waals surface area contributed by atoms with Gasteiger partial charge in [-0.2, -0.15) is 0 Å². The van der Waals surface area contributed by atoms with Gasteiger partial charge < -0.3 is 9.64 Å². The molecule has 4 nitrogen and oxygen atoms in total. The highest BCUT2D eigenvalue weighted by atomic mass is 32.2. The second-order valence-electron chi connectivity index (χ2n) is 6.04. The van der Waals surface area contributed by atoms with E-state index >= 15 is 0 Å². The lowest BCUT2D eigenvalue weighted by molar-refractivity contribution is -0.119. The first kappa shape index (κ1) is 17.7. The quantitative estimate of drug-likeness (QED) is 0.564. The van der Waals surface area contributed by atoms with Gasteiger partial charge in [-0.15, -0.1) is 23.5 Å². The van der Waals surface area contributed by atoms with E-state index in [9.17, 15) is 4.79 Å². The molecule has 2 atom stereocenters. The molecule has 0 N–H and O–H groups in total. The summed E-state index contributed by atoms with van der Waals surface area (Å²) in [5.41, 5.74) is 1.97. The van der Waals surface area contributed by atoms with Crippen molar-refractivity contribution in [2.45, 2.75) is 16.3 Å².